The number of nitrogens with zero attached hydrogens (tertiary/aromatic N) is 1. The van der Waals surface area contributed by atoms with Gasteiger partial charge in [-0.1, -0.05) is 18.2 Å². The second-order valence-electron chi connectivity index (χ2n) is 5.14. The Morgan fingerprint density at radius 1 is 1.20 bits per heavy atom. The molecule has 1 amide bonds. The summed E-state index contributed by atoms with van der Waals surface area (Å²) in [5, 5.41) is 2.81. The van der Waals surface area contributed by atoms with Crippen molar-refractivity contribution >= 4 is 12.0 Å². The normalized spacial score (nSPS) is 10.8. The maximum Gasteiger partial charge on any atom is 0.244 e. The van der Waals surface area contributed by atoms with Crippen molar-refractivity contribution in [2.75, 3.05) is 27.1 Å². The summed E-state index contributed by atoms with van der Waals surface area (Å²) in [6, 6.07) is 11.1. The molecule has 25 heavy (non-hydrogen) atoms. The lowest BCUT2D eigenvalue weighted by Gasteiger charge is -2.07. The van der Waals surface area contributed by atoms with E-state index >= 15 is 0 Å². The molecule has 0 fully saturated rings. The van der Waals surface area contributed by atoms with Crippen LogP contribution in [0.5, 0.6) is 5.75 Å². The van der Waals surface area contributed by atoms with Crippen LogP contribution in [-0.2, 0) is 20.8 Å². The minimum Gasteiger partial charge on any atom is -0.468 e. The van der Waals surface area contributed by atoms with Crippen LogP contribution in [0.25, 0.3) is 6.08 Å². The molecule has 0 radical (unpaired) electrons. The third-order valence-corrected chi connectivity index (χ3v) is 3.24. The molecule has 1 aromatic heterocycles. The Labute approximate surface area is 147 Å². The van der Waals surface area contributed by atoms with Crippen LogP contribution in [0, 0.1) is 0 Å². The Balaban J connectivity index is 1.72. The van der Waals surface area contributed by atoms with Gasteiger partial charge in [-0.25, -0.2) is 0 Å². The second-order valence-corrected chi connectivity index (χ2v) is 5.14. The summed E-state index contributed by atoms with van der Waals surface area (Å²) in [4.78, 5) is 15.8. The number of carbonyl (C=O) groups is 1. The number of rotatable bonds is 10. The highest BCUT2D eigenvalue weighted by molar-refractivity contribution is 5.91. The van der Waals surface area contributed by atoms with Crippen LogP contribution in [0.15, 0.2) is 54.9 Å². The SMILES string of the molecule is COCCOCOc1ccc(/C=C/C(=O)NCc2cccnc2)cc1. The van der Waals surface area contributed by atoms with Crippen LogP contribution < -0.4 is 10.1 Å². The summed E-state index contributed by atoms with van der Waals surface area (Å²) in [5.41, 5.74) is 1.86. The number of ether oxygens (including phenoxy) is 3. The number of carbonyl (C=O) groups excluding carboxylic acids is 1. The summed E-state index contributed by atoms with van der Waals surface area (Å²) in [6.07, 6.45) is 6.67. The van der Waals surface area contributed by atoms with E-state index in [1.807, 2.05) is 36.4 Å². The zero-order chi connectivity index (χ0) is 17.7. The van der Waals surface area contributed by atoms with E-state index in [-0.39, 0.29) is 12.7 Å². The van der Waals surface area contributed by atoms with Crippen LogP contribution in [0.3, 0.4) is 0 Å². The molecule has 0 bridgehead atoms. The molecule has 2 aromatic rings. The van der Waals surface area contributed by atoms with Gasteiger partial charge in [0.1, 0.15) is 5.75 Å². The highest BCUT2D eigenvalue weighted by Gasteiger charge is 1.98. The van der Waals surface area contributed by atoms with Crippen molar-refractivity contribution in [3.8, 4) is 5.75 Å². The predicted octanol–water partition coefficient (Wildman–Crippen LogP) is 2.41. The van der Waals surface area contributed by atoms with E-state index in [1.54, 1.807) is 25.6 Å². The highest BCUT2D eigenvalue weighted by Crippen LogP contribution is 2.13. The molecule has 132 valence electrons. The molecule has 1 aromatic carbocycles. The van der Waals surface area contributed by atoms with Gasteiger partial charge in [0.05, 0.1) is 13.2 Å². The van der Waals surface area contributed by atoms with Gasteiger partial charge in [0.15, 0.2) is 6.79 Å². The molecule has 0 spiro atoms. The van der Waals surface area contributed by atoms with E-state index in [0.717, 1.165) is 11.1 Å². The molecule has 1 N–H and O–H groups in total. The lowest BCUT2D eigenvalue weighted by Crippen LogP contribution is -2.20. The minimum absolute atomic E-state index is 0.157. The van der Waals surface area contributed by atoms with Crippen molar-refractivity contribution in [2.24, 2.45) is 0 Å². The monoisotopic (exact) mass is 342 g/mol. The van der Waals surface area contributed by atoms with Crippen molar-refractivity contribution < 1.29 is 19.0 Å². The number of aromatic nitrogens is 1. The van der Waals surface area contributed by atoms with Gasteiger partial charge in [0.25, 0.3) is 0 Å². The van der Waals surface area contributed by atoms with E-state index in [4.69, 9.17) is 14.2 Å². The average molecular weight is 342 g/mol. The zero-order valence-electron chi connectivity index (χ0n) is 14.2. The first kappa shape index (κ1) is 18.6. The second kappa shape index (κ2) is 11.0. The summed E-state index contributed by atoms with van der Waals surface area (Å²) in [7, 11) is 1.62. The van der Waals surface area contributed by atoms with E-state index in [9.17, 15) is 4.79 Å². The number of nitrogens with one attached hydrogen (secondary N) is 1. The number of amides is 1. The van der Waals surface area contributed by atoms with Gasteiger partial charge in [-0.2, -0.15) is 0 Å². The van der Waals surface area contributed by atoms with E-state index in [1.165, 1.54) is 6.08 Å². The van der Waals surface area contributed by atoms with Gasteiger partial charge >= 0.3 is 0 Å². The molecular weight excluding hydrogens is 320 g/mol. The molecular formula is C19H22N2O4. The molecule has 0 saturated carbocycles. The van der Waals surface area contributed by atoms with Gasteiger partial charge in [-0.15, -0.1) is 0 Å². The molecule has 0 aliphatic carbocycles. The molecule has 0 aliphatic heterocycles. The van der Waals surface area contributed by atoms with Crippen molar-refractivity contribution in [3.05, 3.63) is 66.0 Å². The molecule has 2 rings (SSSR count). The third kappa shape index (κ3) is 7.60. The molecule has 0 unspecified atom stereocenters. The Morgan fingerprint density at radius 2 is 2.04 bits per heavy atom. The first-order valence-electron chi connectivity index (χ1n) is 7.92. The summed E-state index contributed by atoms with van der Waals surface area (Å²) in [5.74, 6) is 0.548. The maximum absolute atomic E-state index is 11.8. The smallest absolute Gasteiger partial charge is 0.244 e. The number of methoxy groups -OCH3 is 1. The Morgan fingerprint density at radius 3 is 2.76 bits per heavy atom. The first-order valence-corrected chi connectivity index (χ1v) is 7.92. The molecule has 0 aliphatic rings. The van der Waals surface area contributed by atoms with Crippen molar-refractivity contribution in [1.29, 1.82) is 0 Å². The minimum atomic E-state index is -0.157. The van der Waals surface area contributed by atoms with Gasteiger partial charge < -0.3 is 19.5 Å². The molecule has 6 nitrogen and oxygen atoms in total. The molecule has 1 heterocycles. The van der Waals surface area contributed by atoms with Crippen molar-refractivity contribution in [1.82, 2.24) is 10.3 Å². The Bertz CT molecular complexity index is 657. The van der Waals surface area contributed by atoms with Crippen LogP contribution in [0.1, 0.15) is 11.1 Å². The summed E-state index contributed by atoms with van der Waals surface area (Å²) >= 11 is 0. The average Bonchev–Trinajstić information content (AvgIpc) is 2.66. The number of hydrogen-bond acceptors (Lipinski definition) is 5. The molecule has 0 atom stereocenters. The topological polar surface area (TPSA) is 69.7 Å². The Hall–Kier alpha value is -2.70. The van der Waals surface area contributed by atoms with Gasteiger partial charge in [-0.3, -0.25) is 9.78 Å². The van der Waals surface area contributed by atoms with Crippen LogP contribution >= 0.6 is 0 Å². The Kier molecular flexibility index (Phi) is 8.17. The fourth-order valence-electron chi connectivity index (χ4n) is 1.91. The first-order chi connectivity index (χ1) is 12.3. The van der Waals surface area contributed by atoms with Crippen LogP contribution in [0.2, 0.25) is 0 Å². The lowest BCUT2D eigenvalue weighted by molar-refractivity contribution is -0.116. The predicted molar refractivity (Wildman–Crippen MR) is 94.9 cm³/mol. The number of benzene rings is 1. The van der Waals surface area contributed by atoms with Gasteiger partial charge in [0, 0.05) is 32.1 Å². The fourth-order valence-corrected chi connectivity index (χ4v) is 1.91. The van der Waals surface area contributed by atoms with Crippen molar-refractivity contribution in [3.63, 3.8) is 0 Å². The van der Waals surface area contributed by atoms with E-state index in [0.29, 0.717) is 25.5 Å². The lowest BCUT2D eigenvalue weighted by atomic mass is 10.2. The van der Waals surface area contributed by atoms with Gasteiger partial charge in [-0.05, 0) is 35.4 Å². The van der Waals surface area contributed by atoms with Crippen molar-refractivity contribution in [2.45, 2.75) is 6.54 Å². The number of hydrogen-bond donors (Lipinski definition) is 1. The number of pyridine rings is 1. The summed E-state index contributed by atoms with van der Waals surface area (Å²) in [6.45, 7) is 1.66. The van der Waals surface area contributed by atoms with E-state index < -0.39 is 0 Å². The fraction of sp³-hybridized carbons (Fsp3) is 0.263. The maximum atomic E-state index is 11.8. The quantitative estimate of drug-likeness (QED) is 0.408. The third-order valence-electron chi connectivity index (χ3n) is 3.24. The van der Waals surface area contributed by atoms with E-state index in [2.05, 4.69) is 10.3 Å². The van der Waals surface area contributed by atoms with Crippen LogP contribution in [-0.4, -0.2) is 38.0 Å². The standard InChI is InChI=1S/C19H22N2O4/c1-23-11-12-24-15-25-18-7-4-16(5-8-18)6-9-19(22)21-14-17-3-2-10-20-13-17/h2-10,13H,11-12,14-15H2,1H3,(H,21,22)/b9-6+. The highest BCUT2D eigenvalue weighted by atomic mass is 16.7. The largest absolute Gasteiger partial charge is 0.468 e. The molecule has 0 saturated heterocycles. The van der Waals surface area contributed by atoms with Gasteiger partial charge in [0.2, 0.25) is 5.91 Å². The molecule has 6 heteroatoms. The zero-order valence-corrected chi connectivity index (χ0v) is 14.2. The van der Waals surface area contributed by atoms with Crippen LogP contribution in [0.4, 0.5) is 0 Å². The summed E-state index contributed by atoms with van der Waals surface area (Å²) < 4.78 is 15.5.